The number of alkyl halides is 3. The first-order valence-electron chi connectivity index (χ1n) is 5.17. The Morgan fingerprint density at radius 3 is 2.06 bits per heavy atom. The van der Waals surface area contributed by atoms with Crippen LogP contribution in [0, 0.1) is 17.2 Å². The molecule has 0 aromatic heterocycles. The number of aliphatic hydroxyl groups is 1. The average Bonchev–Trinajstić information content (AvgIpc) is 2.24. The molecule has 0 amide bonds. The van der Waals surface area contributed by atoms with E-state index in [9.17, 15) is 13.2 Å². The van der Waals surface area contributed by atoms with E-state index >= 15 is 0 Å². The molecule has 0 radical (unpaired) electrons. The van der Waals surface area contributed by atoms with Crippen molar-refractivity contribution in [1.82, 2.24) is 5.32 Å². The molecular weight excluding hydrogens is 221 g/mol. The highest BCUT2D eigenvalue weighted by molar-refractivity contribution is 4.93. The monoisotopic (exact) mass is 238 g/mol. The number of rotatable bonds is 6. The van der Waals surface area contributed by atoms with E-state index in [1.807, 2.05) is 0 Å². The summed E-state index contributed by atoms with van der Waals surface area (Å²) in [5.41, 5.74) is -0.722. The fraction of sp³-hybridized carbons (Fsp3) is 0.900. The smallest absolute Gasteiger partial charge is 0.394 e. The SMILES string of the molecule is CCC(CC)(CO)NCC(C#N)C(F)(F)F. The van der Waals surface area contributed by atoms with E-state index in [0.29, 0.717) is 12.8 Å². The molecule has 0 aliphatic heterocycles. The molecule has 0 aliphatic rings. The lowest BCUT2D eigenvalue weighted by Crippen LogP contribution is -2.50. The Morgan fingerprint density at radius 2 is 1.81 bits per heavy atom. The number of nitrogens with one attached hydrogen (secondary N) is 1. The summed E-state index contributed by atoms with van der Waals surface area (Å²) in [6, 6.07) is 1.22. The molecule has 0 rings (SSSR count). The zero-order valence-electron chi connectivity index (χ0n) is 9.43. The van der Waals surface area contributed by atoms with Gasteiger partial charge in [0.2, 0.25) is 0 Å². The third-order valence-corrected chi connectivity index (χ3v) is 2.89. The van der Waals surface area contributed by atoms with Crippen LogP contribution < -0.4 is 5.32 Å². The van der Waals surface area contributed by atoms with Crippen LogP contribution in [-0.4, -0.2) is 30.0 Å². The number of hydrogen-bond donors (Lipinski definition) is 2. The second-order valence-electron chi connectivity index (χ2n) is 3.75. The number of nitrogens with zero attached hydrogens (tertiary/aromatic N) is 1. The maximum absolute atomic E-state index is 12.3. The quantitative estimate of drug-likeness (QED) is 0.742. The van der Waals surface area contributed by atoms with E-state index in [0.717, 1.165) is 0 Å². The van der Waals surface area contributed by atoms with Crippen LogP contribution in [0.3, 0.4) is 0 Å². The van der Waals surface area contributed by atoms with Gasteiger partial charge in [0, 0.05) is 12.1 Å². The Kier molecular flexibility index (Phi) is 5.76. The van der Waals surface area contributed by atoms with Gasteiger partial charge in [-0.3, -0.25) is 0 Å². The van der Waals surface area contributed by atoms with Crippen LogP contribution in [0.25, 0.3) is 0 Å². The van der Waals surface area contributed by atoms with Crippen molar-refractivity contribution in [3.8, 4) is 6.07 Å². The van der Waals surface area contributed by atoms with Gasteiger partial charge in [-0.1, -0.05) is 13.8 Å². The zero-order chi connectivity index (χ0) is 12.8. The normalized spacial score (nSPS) is 14.6. The lowest BCUT2D eigenvalue weighted by Gasteiger charge is -2.32. The van der Waals surface area contributed by atoms with E-state index in [4.69, 9.17) is 10.4 Å². The maximum Gasteiger partial charge on any atom is 0.405 e. The highest BCUT2D eigenvalue weighted by Gasteiger charge is 2.41. The van der Waals surface area contributed by atoms with E-state index in [1.54, 1.807) is 13.8 Å². The first-order chi connectivity index (χ1) is 7.35. The predicted molar refractivity (Wildman–Crippen MR) is 53.6 cm³/mol. The standard InChI is InChI=1S/C10H17F3N2O/c1-3-9(4-2,7-16)15-6-8(5-14)10(11,12)13/h8,15-16H,3-4,6-7H2,1-2H3. The summed E-state index contributed by atoms with van der Waals surface area (Å²) in [6.07, 6.45) is -3.50. The molecule has 0 aliphatic carbocycles. The molecule has 3 nitrogen and oxygen atoms in total. The molecule has 1 atom stereocenters. The molecule has 2 N–H and O–H groups in total. The number of nitriles is 1. The Balaban J connectivity index is 4.47. The van der Waals surface area contributed by atoms with Crippen molar-refractivity contribution < 1.29 is 18.3 Å². The molecule has 0 aromatic rings. The highest BCUT2D eigenvalue weighted by Crippen LogP contribution is 2.26. The number of aliphatic hydroxyl groups excluding tert-OH is 1. The van der Waals surface area contributed by atoms with Gasteiger partial charge in [-0.2, -0.15) is 18.4 Å². The van der Waals surface area contributed by atoms with Gasteiger partial charge in [0.05, 0.1) is 12.7 Å². The Bertz CT molecular complexity index is 235. The average molecular weight is 238 g/mol. The summed E-state index contributed by atoms with van der Waals surface area (Å²) in [4.78, 5) is 0. The van der Waals surface area contributed by atoms with E-state index in [1.165, 1.54) is 6.07 Å². The largest absolute Gasteiger partial charge is 0.405 e. The molecule has 94 valence electrons. The van der Waals surface area contributed by atoms with Gasteiger partial charge < -0.3 is 10.4 Å². The number of halogens is 3. The van der Waals surface area contributed by atoms with Crippen LogP contribution in [-0.2, 0) is 0 Å². The van der Waals surface area contributed by atoms with Gasteiger partial charge in [0.1, 0.15) is 0 Å². The van der Waals surface area contributed by atoms with Crippen LogP contribution >= 0.6 is 0 Å². The van der Waals surface area contributed by atoms with Crippen molar-refractivity contribution in [3.05, 3.63) is 0 Å². The third-order valence-electron chi connectivity index (χ3n) is 2.89. The van der Waals surface area contributed by atoms with Gasteiger partial charge in [0.25, 0.3) is 0 Å². The minimum Gasteiger partial charge on any atom is -0.394 e. The summed E-state index contributed by atoms with van der Waals surface area (Å²) in [5, 5.41) is 20.2. The summed E-state index contributed by atoms with van der Waals surface area (Å²) in [5.74, 6) is -2.03. The second kappa shape index (κ2) is 6.06. The minimum atomic E-state index is -4.52. The van der Waals surface area contributed by atoms with Crippen molar-refractivity contribution in [1.29, 1.82) is 5.26 Å². The van der Waals surface area contributed by atoms with Crippen LogP contribution in [0.2, 0.25) is 0 Å². The molecular formula is C10H17F3N2O. The Hall–Kier alpha value is -0.800. The lowest BCUT2D eigenvalue weighted by atomic mass is 9.93. The maximum atomic E-state index is 12.3. The molecule has 0 saturated heterocycles. The highest BCUT2D eigenvalue weighted by atomic mass is 19.4. The fourth-order valence-corrected chi connectivity index (χ4v) is 1.33. The molecule has 0 fully saturated rings. The summed E-state index contributed by atoms with van der Waals surface area (Å²) >= 11 is 0. The van der Waals surface area contributed by atoms with Gasteiger partial charge in [0.15, 0.2) is 5.92 Å². The van der Waals surface area contributed by atoms with Crippen LogP contribution in [0.4, 0.5) is 13.2 Å². The summed E-state index contributed by atoms with van der Waals surface area (Å²) < 4.78 is 36.8. The Morgan fingerprint density at radius 1 is 1.31 bits per heavy atom. The summed E-state index contributed by atoms with van der Waals surface area (Å²) in [6.45, 7) is 2.83. The second-order valence-corrected chi connectivity index (χ2v) is 3.75. The molecule has 0 heterocycles. The number of hydrogen-bond acceptors (Lipinski definition) is 3. The predicted octanol–water partition coefficient (Wildman–Crippen LogP) is 1.83. The third kappa shape index (κ3) is 3.99. The molecule has 1 unspecified atom stereocenters. The van der Waals surface area contributed by atoms with Crippen molar-refractivity contribution in [3.63, 3.8) is 0 Å². The van der Waals surface area contributed by atoms with Crippen molar-refractivity contribution in [2.75, 3.05) is 13.2 Å². The van der Waals surface area contributed by atoms with Crippen molar-refractivity contribution >= 4 is 0 Å². The molecule has 16 heavy (non-hydrogen) atoms. The van der Waals surface area contributed by atoms with Crippen LogP contribution in [0.15, 0.2) is 0 Å². The molecule has 6 heteroatoms. The molecule has 0 saturated carbocycles. The van der Waals surface area contributed by atoms with Crippen LogP contribution in [0.5, 0.6) is 0 Å². The summed E-state index contributed by atoms with van der Waals surface area (Å²) in [7, 11) is 0. The fourth-order valence-electron chi connectivity index (χ4n) is 1.33. The van der Waals surface area contributed by atoms with Gasteiger partial charge in [-0.15, -0.1) is 0 Å². The van der Waals surface area contributed by atoms with Gasteiger partial charge in [-0.05, 0) is 12.8 Å². The van der Waals surface area contributed by atoms with E-state index in [2.05, 4.69) is 5.32 Å². The zero-order valence-corrected chi connectivity index (χ0v) is 9.43. The lowest BCUT2D eigenvalue weighted by molar-refractivity contribution is -0.158. The molecule has 0 aromatic carbocycles. The van der Waals surface area contributed by atoms with Gasteiger partial charge in [-0.25, -0.2) is 0 Å². The van der Waals surface area contributed by atoms with Crippen LogP contribution in [0.1, 0.15) is 26.7 Å². The molecule has 0 spiro atoms. The van der Waals surface area contributed by atoms with Gasteiger partial charge >= 0.3 is 6.18 Å². The topological polar surface area (TPSA) is 56.0 Å². The first-order valence-corrected chi connectivity index (χ1v) is 5.17. The van der Waals surface area contributed by atoms with E-state index < -0.39 is 24.2 Å². The minimum absolute atomic E-state index is 0.240. The Labute approximate surface area is 93.3 Å². The van der Waals surface area contributed by atoms with Crippen molar-refractivity contribution in [2.24, 2.45) is 5.92 Å². The molecule has 0 bridgehead atoms. The van der Waals surface area contributed by atoms with Crippen molar-refractivity contribution in [2.45, 2.75) is 38.4 Å². The first kappa shape index (κ1) is 15.2. The van der Waals surface area contributed by atoms with E-state index in [-0.39, 0.29) is 6.61 Å².